The van der Waals surface area contributed by atoms with Gasteiger partial charge in [0.05, 0.1) is 17.6 Å². The first-order chi connectivity index (χ1) is 11.0. The SMILES string of the molecule is COC(=O)c1cc([N+](=O)[O-])ccc1NCCN1CCCC(C)C1. The highest BCUT2D eigenvalue weighted by atomic mass is 16.6. The molecule has 1 heterocycles. The summed E-state index contributed by atoms with van der Waals surface area (Å²) in [7, 11) is 1.26. The Hall–Kier alpha value is -2.15. The number of nitrogens with one attached hydrogen (secondary N) is 1. The summed E-state index contributed by atoms with van der Waals surface area (Å²) < 4.78 is 4.71. The first-order valence-electron chi connectivity index (χ1n) is 7.84. The molecule has 23 heavy (non-hydrogen) atoms. The predicted octanol–water partition coefficient (Wildman–Crippen LogP) is 2.53. The van der Waals surface area contributed by atoms with Gasteiger partial charge in [0.2, 0.25) is 0 Å². The van der Waals surface area contributed by atoms with E-state index >= 15 is 0 Å². The first kappa shape index (κ1) is 17.2. The van der Waals surface area contributed by atoms with Gasteiger partial charge in [-0.1, -0.05) is 6.92 Å². The number of likely N-dealkylation sites (tertiary alicyclic amines) is 1. The van der Waals surface area contributed by atoms with Crippen molar-refractivity contribution in [1.82, 2.24) is 4.90 Å². The quantitative estimate of drug-likeness (QED) is 0.492. The average Bonchev–Trinajstić information content (AvgIpc) is 2.54. The summed E-state index contributed by atoms with van der Waals surface area (Å²) in [5.74, 6) is 0.136. The molecule has 1 atom stereocenters. The fraction of sp³-hybridized carbons (Fsp3) is 0.562. The van der Waals surface area contributed by atoms with Crippen molar-refractivity contribution in [1.29, 1.82) is 0 Å². The van der Waals surface area contributed by atoms with Gasteiger partial charge in [-0.2, -0.15) is 0 Å². The number of ether oxygens (including phenoxy) is 1. The van der Waals surface area contributed by atoms with E-state index in [0.29, 0.717) is 18.2 Å². The second-order valence-electron chi connectivity index (χ2n) is 5.95. The second-order valence-corrected chi connectivity index (χ2v) is 5.95. The van der Waals surface area contributed by atoms with Crippen molar-refractivity contribution in [3.05, 3.63) is 33.9 Å². The zero-order chi connectivity index (χ0) is 16.8. The van der Waals surface area contributed by atoms with Crippen LogP contribution in [0, 0.1) is 16.0 Å². The average molecular weight is 321 g/mol. The minimum atomic E-state index is -0.581. The van der Waals surface area contributed by atoms with Gasteiger partial charge in [-0.25, -0.2) is 4.79 Å². The minimum Gasteiger partial charge on any atom is -0.465 e. The summed E-state index contributed by atoms with van der Waals surface area (Å²) in [4.78, 5) is 24.5. The van der Waals surface area contributed by atoms with Crippen molar-refractivity contribution in [3.8, 4) is 0 Å². The van der Waals surface area contributed by atoms with Crippen molar-refractivity contribution < 1.29 is 14.5 Å². The standard InChI is InChI=1S/C16H23N3O4/c1-12-4-3-8-18(11-12)9-7-17-15-6-5-13(19(21)22)10-14(15)16(20)23-2/h5-6,10,12,17H,3-4,7-9,11H2,1-2H3. The van der Waals surface area contributed by atoms with E-state index in [9.17, 15) is 14.9 Å². The number of benzene rings is 1. The van der Waals surface area contributed by atoms with Crippen molar-refractivity contribution in [2.24, 2.45) is 5.92 Å². The summed E-state index contributed by atoms with van der Waals surface area (Å²) in [5.41, 5.74) is 0.627. The Morgan fingerprint density at radius 3 is 2.96 bits per heavy atom. The monoisotopic (exact) mass is 321 g/mol. The number of nitrogens with zero attached hydrogens (tertiary/aromatic N) is 2. The van der Waals surface area contributed by atoms with Crippen LogP contribution in [0.15, 0.2) is 18.2 Å². The summed E-state index contributed by atoms with van der Waals surface area (Å²) in [6.45, 7) is 5.99. The third kappa shape index (κ3) is 4.66. The Bertz CT molecular complexity index is 576. The van der Waals surface area contributed by atoms with Gasteiger partial charge in [-0.05, 0) is 31.4 Å². The zero-order valence-corrected chi connectivity index (χ0v) is 13.6. The third-order valence-corrected chi connectivity index (χ3v) is 4.10. The first-order valence-corrected chi connectivity index (χ1v) is 7.84. The number of nitro groups is 1. The Morgan fingerprint density at radius 1 is 1.52 bits per heavy atom. The molecule has 1 aromatic rings. The molecule has 0 aliphatic carbocycles. The lowest BCUT2D eigenvalue weighted by Gasteiger charge is -2.30. The van der Waals surface area contributed by atoms with Crippen LogP contribution in [0.25, 0.3) is 0 Å². The van der Waals surface area contributed by atoms with Gasteiger partial charge in [-0.15, -0.1) is 0 Å². The maximum Gasteiger partial charge on any atom is 0.340 e. The van der Waals surface area contributed by atoms with Gasteiger partial charge in [-0.3, -0.25) is 10.1 Å². The fourth-order valence-electron chi connectivity index (χ4n) is 2.92. The molecule has 126 valence electrons. The van der Waals surface area contributed by atoms with Crippen LogP contribution < -0.4 is 5.32 Å². The van der Waals surface area contributed by atoms with Crippen LogP contribution >= 0.6 is 0 Å². The van der Waals surface area contributed by atoms with Gasteiger partial charge in [0.1, 0.15) is 0 Å². The number of carbonyl (C=O) groups excluding carboxylic acids is 1. The molecule has 0 amide bonds. The smallest absolute Gasteiger partial charge is 0.340 e. The number of hydrogen-bond acceptors (Lipinski definition) is 6. The Morgan fingerprint density at radius 2 is 2.30 bits per heavy atom. The highest BCUT2D eigenvalue weighted by Gasteiger charge is 2.18. The molecule has 0 saturated carbocycles. The van der Waals surface area contributed by atoms with Crippen molar-refractivity contribution in [2.45, 2.75) is 19.8 Å². The molecule has 0 bridgehead atoms. The lowest BCUT2D eigenvalue weighted by atomic mass is 10.0. The van der Waals surface area contributed by atoms with E-state index in [1.807, 2.05) is 0 Å². The van der Waals surface area contributed by atoms with Crippen molar-refractivity contribution in [2.75, 3.05) is 38.6 Å². The van der Waals surface area contributed by atoms with E-state index in [2.05, 4.69) is 17.1 Å². The number of non-ortho nitro benzene ring substituents is 1. The Labute approximate surface area is 135 Å². The van der Waals surface area contributed by atoms with Crippen molar-refractivity contribution >= 4 is 17.3 Å². The third-order valence-electron chi connectivity index (χ3n) is 4.10. The summed E-state index contributed by atoms with van der Waals surface area (Å²) in [6, 6.07) is 4.19. The lowest BCUT2D eigenvalue weighted by molar-refractivity contribution is -0.384. The fourth-order valence-corrected chi connectivity index (χ4v) is 2.92. The molecule has 0 radical (unpaired) electrons. The molecule has 1 saturated heterocycles. The van der Waals surface area contributed by atoms with Gasteiger partial charge < -0.3 is 15.0 Å². The maximum atomic E-state index is 11.8. The molecule has 1 aliphatic heterocycles. The van der Waals surface area contributed by atoms with E-state index in [1.54, 1.807) is 6.07 Å². The Kier molecular flexibility index (Phi) is 5.92. The lowest BCUT2D eigenvalue weighted by Crippen LogP contribution is -2.37. The molecule has 1 N–H and O–H groups in total. The van der Waals surface area contributed by atoms with Crippen LogP contribution in [-0.2, 0) is 4.74 Å². The van der Waals surface area contributed by atoms with Gasteiger partial charge in [0, 0.05) is 37.5 Å². The number of esters is 1. The van der Waals surface area contributed by atoms with Crippen LogP contribution in [0.1, 0.15) is 30.1 Å². The number of nitro benzene ring substituents is 1. The number of hydrogen-bond donors (Lipinski definition) is 1. The number of rotatable bonds is 6. The van der Waals surface area contributed by atoms with Crippen LogP contribution in [0.3, 0.4) is 0 Å². The molecule has 1 unspecified atom stereocenters. The zero-order valence-electron chi connectivity index (χ0n) is 13.6. The summed E-state index contributed by atoms with van der Waals surface area (Å²) in [5, 5.41) is 14.0. The molecule has 2 rings (SSSR count). The summed E-state index contributed by atoms with van der Waals surface area (Å²) in [6.07, 6.45) is 2.49. The number of carbonyl (C=O) groups is 1. The normalized spacial score (nSPS) is 18.4. The molecule has 7 heteroatoms. The van der Waals surface area contributed by atoms with E-state index < -0.39 is 10.9 Å². The van der Waals surface area contributed by atoms with Gasteiger partial charge >= 0.3 is 5.97 Å². The molecule has 1 aromatic carbocycles. The molecular weight excluding hydrogens is 298 g/mol. The highest BCUT2D eigenvalue weighted by molar-refractivity contribution is 5.96. The molecule has 7 nitrogen and oxygen atoms in total. The minimum absolute atomic E-state index is 0.124. The van der Waals surface area contributed by atoms with Gasteiger partial charge in [0.15, 0.2) is 0 Å². The van der Waals surface area contributed by atoms with E-state index in [0.717, 1.165) is 19.6 Å². The largest absolute Gasteiger partial charge is 0.465 e. The Balaban J connectivity index is 2.00. The van der Waals surface area contributed by atoms with Crippen LogP contribution in [0.2, 0.25) is 0 Å². The molecule has 1 aliphatic rings. The predicted molar refractivity (Wildman–Crippen MR) is 87.8 cm³/mol. The van der Waals surface area contributed by atoms with Crippen LogP contribution in [0.5, 0.6) is 0 Å². The number of piperidine rings is 1. The molecule has 0 spiro atoms. The van der Waals surface area contributed by atoms with Crippen LogP contribution in [0.4, 0.5) is 11.4 Å². The number of anilines is 1. The van der Waals surface area contributed by atoms with E-state index in [-0.39, 0.29) is 11.3 Å². The second kappa shape index (κ2) is 7.92. The van der Waals surface area contributed by atoms with Gasteiger partial charge in [0.25, 0.3) is 5.69 Å². The summed E-state index contributed by atoms with van der Waals surface area (Å²) >= 11 is 0. The highest BCUT2D eigenvalue weighted by Crippen LogP contribution is 2.23. The van der Waals surface area contributed by atoms with E-state index in [1.165, 1.54) is 32.1 Å². The maximum absolute atomic E-state index is 11.8. The van der Waals surface area contributed by atoms with Crippen LogP contribution in [-0.4, -0.2) is 49.1 Å². The number of methoxy groups -OCH3 is 1. The van der Waals surface area contributed by atoms with Crippen molar-refractivity contribution in [3.63, 3.8) is 0 Å². The topological polar surface area (TPSA) is 84.7 Å². The molecule has 1 fully saturated rings. The molecule has 0 aromatic heterocycles. The molecular formula is C16H23N3O4. The van der Waals surface area contributed by atoms with E-state index in [4.69, 9.17) is 4.74 Å².